The van der Waals surface area contributed by atoms with E-state index in [9.17, 15) is 18.4 Å². The standard InChI is InChI=1S/C15H9F3N4S/c1-22-8-9(7-20-22)4-10(6-19)14-21-12-5-11(15(16,17)18)2-3-13(12)23-14/h2-5,7-8H,1H3/b10-4+. The van der Waals surface area contributed by atoms with Crippen molar-refractivity contribution in [3.63, 3.8) is 0 Å². The molecule has 3 rings (SSSR count). The lowest BCUT2D eigenvalue weighted by Gasteiger charge is -2.04. The second-order valence-corrected chi connectivity index (χ2v) is 5.85. The van der Waals surface area contributed by atoms with E-state index in [1.54, 1.807) is 30.2 Å². The van der Waals surface area contributed by atoms with E-state index in [2.05, 4.69) is 10.1 Å². The Kier molecular flexibility index (Phi) is 3.66. The normalized spacial score (nSPS) is 12.6. The van der Waals surface area contributed by atoms with Crippen LogP contribution in [0.25, 0.3) is 21.9 Å². The molecule has 8 heteroatoms. The molecule has 23 heavy (non-hydrogen) atoms. The Balaban J connectivity index is 2.05. The molecule has 0 aliphatic rings. The lowest BCUT2D eigenvalue weighted by molar-refractivity contribution is -0.137. The highest BCUT2D eigenvalue weighted by molar-refractivity contribution is 7.19. The van der Waals surface area contributed by atoms with E-state index in [1.807, 2.05) is 6.07 Å². The zero-order valence-electron chi connectivity index (χ0n) is 11.8. The van der Waals surface area contributed by atoms with Crippen LogP contribution in [0.4, 0.5) is 13.2 Å². The van der Waals surface area contributed by atoms with Gasteiger partial charge >= 0.3 is 6.18 Å². The molecule has 0 fully saturated rings. The van der Waals surface area contributed by atoms with E-state index in [0.29, 0.717) is 9.71 Å². The number of aryl methyl sites for hydroxylation is 1. The van der Waals surface area contributed by atoms with Crippen LogP contribution in [0.5, 0.6) is 0 Å². The largest absolute Gasteiger partial charge is 0.416 e. The van der Waals surface area contributed by atoms with Crippen LogP contribution in [0.15, 0.2) is 30.6 Å². The minimum atomic E-state index is -4.42. The predicted octanol–water partition coefficient (Wildman–Crippen LogP) is 4.11. The topological polar surface area (TPSA) is 54.5 Å². The van der Waals surface area contributed by atoms with Crippen molar-refractivity contribution in [2.75, 3.05) is 0 Å². The van der Waals surface area contributed by atoms with Crippen LogP contribution < -0.4 is 0 Å². The molecule has 0 radical (unpaired) electrons. The van der Waals surface area contributed by atoms with Crippen molar-refractivity contribution < 1.29 is 13.2 Å². The molecule has 0 aliphatic carbocycles. The molecule has 0 unspecified atom stereocenters. The van der Waals surface area contributed by atoms with E-state index >= 15 is 0 Å². The quantitative estimate of drug-likeness (QED) is 0.663. The van der Waals surface area contributed by atoms with Gasteiger partial charge < -0.3 is 0 Å². The van der Waals surface area contributed by atoms with Crippen LogP contribution in [0, 0.1) is 11.3 Å². The number of nitriles is 1. The van der Waals surface area contributed by atoms with Gasteiger partial charge in [-0.25, -0.2) is 4.98 Å². The number of aromatic nitrogens is 3. The van der Waals surface area contributed by atoms with Crippen molar-refractivity contribution in [3.8, 4) is 6.07 Å². The molecule has 2 heterocycles. The highest BCUT2D eigenvalue weighted by Gasteiger charge is 2.30. The number of benzene rings is 1. The number of hydrogen-bond donors (Lipinski definition) is 0. The van der Waals surface area contributed by atoms with Crippen LogP contribution >= 0.6 is 11.3 Å². The van der Waals surface area contributed by atoms with Crippen molar-refractivity contribution in [2.24, 2.45) is 7.05 Å². The van der Waals surface area contributed by atoms with Gasteiger partial charge in [-0.1, -0.05) is 0 Å². The number of hydrogen-bond acceptors (Lipinski definition) is 4. The zero-order chi connectivity index (χ0) is 16.6. The Hall–Kier alpha value is -2.66. The van der Waals surface area contributed by atoms with Gasteiger partial charge in [-0.05, 0) is 24.3 Å². The molecular formula is C15H9F3N4S. The second-order valence-electron chi connectivity index (χ2n) is 4.82. The Morgan fingerprint density at radius 2 is 2.17 bits per heavy atom. The first-order chi connectivity index (χ1) is 10.9. The van der Waals surface area contributed by atoms with Crippen LogP contribution in [0.2, 0.25) is 0 Å². The fraction of sp³-hybridized carbons (Fsp3) is 0.133. The summed E-state index contributed by atoms with van der Waals surface area (Å²) in [5.41, 5.74) is 0.482. The molecule has 0 aliphatic heterocycles. The van der Waals surface area contributed by atoms with Gasteiger partial charge in [-0.3, -0.25) is 4.68 Å². The van der Waals surface area contributed by atoms with Gasteiger partial charge in [-0.2, -0.15) is 23.5 Å². The molecule has 3 aromatic rings. The molecule has 116 valence electrons. The first-order valence-electron chi connectivity index (χ1n) is 6.45. The minimum absolute atomic E-state index is 0.229. The summed E-state index contributed by atoms with van der Waals surface area (Å²) in [6.07, 6.45) is 0.510. The van der Waals surface area contributed by atoms with E-state index in [1.165, 1.54) is 17.4 Å². The third kappa shape index (κ3) is 3.10. The highest BCUT2D eigenvalue weighted by Crippen LogP contribution is 2.34. The van der Waals surface area contributed by atoms with E-state index in [-0.39, 0.29) is 11.1 Å². The molecule has 4 nitrogen and oxygen atoms in total. The zero-order valence-corrected chi connectivity index (χ0v) is 12.6. The summed E-state index contributed by atoms with van der Waals surface area (Å²) in [6, 6.07) is 5.41. The smallest absolute Gasteiger partial charge is 0.275 e. The summed E-state index contributed by atoms with van der Waals surface area (Å²) in [4.78, 5) is 4.16. The number of fused-ring (bicyclic) bond motifs is 1. The maximum Gasteiger partial charge on any atom is 0.416 e. The van der Waals surface area contributed by atoms with Crippen molar-refractivity contribution in [1.29, 1.82) is 5.26 Å². The van der Waals surface area contributed by atoms with Gasteiger partial charge in [0.1, 0.15) is 11.1 Å². The van der Waals surface area contributed by atoms with Gasteiger partial charge in [0.25, 0.3) is 0 Å². The van der Waals surface area contributed by atoms with Gasteiger partial charge in [-0.15, -0.1) is 11.3 Å². The number of thiazole rings is 1. The Labute approximate surface area is 133 Å². The molecular weight excluding hydrogens is 325 g/mol. The molecule has 0 spiro atoms. The third-order valence-corrected chi connectivity index (χ3v) is 4.17. The average Bonchev–Trinajstić information content (AvgIpc) is 3.08. The van der Waals surface area contributed by atoms with Crippen molar-refractivity contribution in [2.45, 2.75) is 6.18 Å². The molecule has 0 saturated heterocycles. The Bertz CT molecular complexity index is 944. The lowest BCUT2D eigenvalue weighted by atomic mass is 10.2. The summed E-state index contributed by atoms with van der Waals surface area (Å²) in [6.45, 7) is 0. The number of rotatable bonds is 2. The molecule has 2 aromatic heterocycles. The Morgan fingerprint density at radius 3 is 2.78 bits per heavy atom. The van der Waals surface area contributed by atoms with Crippen molar-refractivity contribution in [3.05, 3.63) is 46.7 Å². The van der Waals surface area contributed by atoms with Crippen molar-refractivity contribution in [1.82, 2.24) is 14.8 Å². The number of halogens is 3. The first kappa shape index (κ1) is 15.2. The van der Waals surface area contributed by atoms with E-state index in [0.717, 1.165) is 17.7 Å². The molecule has 0 amide bonds. The molecule has 0 bridgehead atoms. The summed E-state index contributed by atoms with van der Waals surface area (Å²) >= 11 is 1.18. The number of nitrogens with zero attached hydrogens (tertiary/aromatic N) is 4. The second kappa shape index (κ2) is 5.52. The summed E-state index contributed by atoms with van der Waals surface area (Å²) in [5, 5.41) is 13.7. The Morgan fingerprint density at radius 1 is 1.39 bits per heavy atom. The van der Waals surface area contributed by atoms with Crippen LogP contribution in [0.1, 0.15) is 16.1 Å². The lowest BCUT2D eigenvalue weighted by Crippen LogP contribution is -2.03. The monoisotopic (exact) mass is 334 g/mol. The van der Waals surface area contributed by atoms with Gasteiger partial charge in [0.15, 0.2) is 0 Å². The maximum atomic E-state index is 12.7. The van der Waals surface area contributed by atoms with Gasteiger partial charge in [0, 0.05) is 18.8 Å². The van der Waals surface area contributed by atoms with Gasteiger partial charge in [0.2, 0.25) is 0 Å². The minimum Gasteiger partial charge on any atom is -0.275 e. The average molecular weight is 334 g/mol. The van der Waals surface area contributed by atoms with Gasteiger partial charge in [0.05, 0.1) is 27.6 Å². The summed E-state index contributed by atoms with van der Waals surface area (Å²) in [7, 11) is 1.75. The predicted molar refractivity (Wildman–Crippen MR) is 81.3 cm³/mol. The molecule has 1 aromatic carbocycles. The summed E-state index contributed by atoms with van der Waals surface area (Å²) < 4.78 is 40.4. The van der Waals surface area contributed by atoms with E-state index in [4.69, 9.17) is 0 Å². The number of allylic oxidation sites excluding steroid dienone is 1. The van der Waals surface area contributed by atoms with E-state index < -0.39 is 11.7 Å². The fourth-order valence-electron chi connectivity index (χ4n) is 2.04. The number of alkyl halides is 3. The SMILES string of the molecule is Cn1cc(/C=C(\C#N)c2nc3cc(C(F)(F)F)ccc3s2)cn1. The summed E-state index contributed by atoms with van der Waals surface area (Å²) in [5.74, 6) is 0. The third-order valence-electron chi connectivity index (χ3n) is 3.10. The van der Waals surface area contributed by atoms with Crippen LogP contribution in [-0.2, 0) is 13.2 Å². The first-order valence-corrected chi connectivity index (χ1v) is 7.27. The molecule has 0 saturated carbocycles. The molecule has 0 N–H and O–H groups in total. The maximum absolute atomic E-state index is 12.7. The van der Waals surface area contributed by atoms with Crippen LogP contribution in [0.3, 0.4) is 0 Å². The molecule has 0 atom stereocenters. The highest BCUT2D eigenvalue weighted by atomic mass is 32.1. The fourth-order valence-corrected chi connectivity index (χ4v) is 2.95. The van der Waals surface area contributed by atoms with Crippen LogP contribution in [-0.4, -0.2) is 14.8 Å². The van der Waals surface area contributed by atoms with Crippen molar-refractivity contribution >= 4 is 33.2 Å².